The SMILES string of the molecule is CCCN1CCC(CN=C(NCC)NC2CCN(c3ncccc3Cl)C2)C1.I. The van der Waals surface area contributed by atoms with Crippen molar-refractivity contribution in [3.63, 3.8) is 0 Å². The number of anilines is 1. The summed E-state index contributed by atoms with van der Waals surface area (Å²) < 4.78 is 0. The van der Waals surface area contributed by atoms with E-state index in [-0.39, 0.29) is 24.0 Å². The zero-order valence-corrected chi connectivity index (χ0v) is 20.1. The molecule has 2 N–H and O–H groups in total. The summed E-state index contributed by atoms with van der Waals surface area (Å²) in [5, 5.41) is 7.73. The van der Waals surface area contributed by atoms with Gasteiger partial charge in [-0.05, 0) is 57.3 Å². The van der Waals surface area contributed by atoms with E-state index in [0.29, 0.717) is 12.0 Å². The van der Waals surface area contributed by atoms with Crippen LogP contribution in [0.15, 0.2) is 23.3 Å². The number of aromatic nitrogens is 1. The first kappa shape index (κ1) is 23.5. The smallest absolute Gasteiger partial charge is 0.191 e. The fourth-order valence-electron chi connectivity index (χ4n) is 4.00. The number of hydrogen-bond donors (Lipinski definition) is 2. The number of nitrogens with zero attached hydrogens (tertiary/aromatic N) is 4. The molecule has 6 nitrogen and oxygen atoms in total. The van der Waals surface area contributed by atoms with Gasteiger partial charge in [0.25, 0.3) is 0 Å². The second kappa shape index (κ2) is 12.0. The van der Waals surface area contributed by atoms with Crippen molar-refractivity contribution < 1.29 is 0 Å². The van der Waals surface area contributed by atoms with Crippen LogP contribution >= 0.6 is 35.6 Å². The van der Waals surface area contributed by atoms with Crippen LogP contribution in [0.1, 0.15) is 33.1 Å². The molecule has 158 valence electrons. The van der Waals surface area contributed by atoms with E-state index >= 15 is 0 Å². The zero-order chi connectivity index (χ0) is 19.1. The average Bonchev–Trinajstić information content (AvgIpc) is 3.30. The first-order chi connectivity index (χ1) is 13.2. The summed E-state index contributed by atoms with van der Waals surface area (Å²) in [4.78, 5) is 14.1. The van der Waals surface area contributed by atoms with E-state index in [9.17, 15) is 0 Å². The normalized spacial score (nSPS) is 23.0. The molecule has 28 heavy (non-hydrogen) atoms. The molecule has 1 aromatic heterocycles. The number of guanidine groups is 1. The number of halogens is 2. The van der Waals surface area contributed by atoms with Crippen molar-refractivity contribution >= 4 is 47.4 Å². The highest BCUT2D eigenvalue weighted by atomic mass is 127. The molecule has 2 saturated heterocycles. The lowest BCUT2D eigenvalue weighted by Crippen LogP contribution is -2.45. The van der Waals surface area contributed by atoms with Crippen molar-refractivity contribution in [1.82, 2.24) is 20.5 Å². The Morgan fingerprint density at radius 3 is 2.89 bits per heavy atom. The third kappa shape index (κ3) is 6.62. The molecule has 8 heteroatoms. The van der Waals surface area contributed by atoms with Crippen LogP contribution in [0.25, 0.3) is 0 Å². The molecule has 0 spiro atoms. The number of hydrogen-bond acceptors (Lipinski definition) is 4. The van der Waals surface area contributed by atoms with Gasteiger partial charge in [-0.1, -0.05) is 18.5 Å². The Hall–Kier alpha value is -0.800. The summed E-state index contributed by atoms with van der Waals surface area (Å²) in [6.45, 7) is 11.6. The van der Waals surface area contributed by atoms with Crippen molar-refractivity contribution in [1.29, 1.82) is 0 Å². The zero-order valence-electron chi connectivity index (χ0n) is 17.0. The van der Waals surface area contributed by atoms with Crippen LogP contribution in [0.4, 0.5) is 5.82 Å². The lowest BCUT2D eigenvalue weighted by molar-refractivity contribution is 0.326. The molecule has 0 saturated carbocycles. The third-order valence-electron chi connectivity index (χ3n) is 5.33. The molecule has 0 aromatic carbocycles. The van der Waals surface area contributed by atoms with E-state index in [1.54, 1.807) is 6.20 Å². The quantitative estimate of drug-likeness (QED) is 0.328. The molecule has 0 amide bonds. The van der Waals surface area contributed by atoms with Crippen LogP contribution in [0.5, 0.6) is 0 Å². The number of nitrogens with one attached hydrogen (secondary N) is 2. The van der Waals surface area contributed by atoms with Crippen molar-refractivity contribution in [3.8, 4) is 0 Å². The Balaban J connectivity index is 0.00000280. The largest absolute Gasteiger partial charge is 0.357 e. The van der Waals surface area contributed by atoms with Crippen LogP contribution < -0.4 is 15.5 Å². The molecule has 0 bridgehead atoms. The molecule has 0 aliphatic carbocycles. The Bertz CT molecular complexity index is 628. The molecule has 3 heterocycles. The lowest BCUT2D eigenvalue weighted by atomic mass is 10.1. The topological polar surface area (TPSA) is 55.8 Å². The highest BCUT2D eigenvalue weighted by molar-refractivity contribution is 14.0. The molecular formula is C20H34ClIN6. The van der Waals surface area contributed by atoms with Crippen LogP contribution in [-0.4, -0.2) is 67.7 Å². The minimum absolute atomic E-state index is 0. The molecule has 2 aliphatic heterocycles. The molecule has 3 rings (SSSR count). The van der Waals surface area contributed by atoms with Crippen molar-refractivity contribution in [2.24, 2.45) is 10.9 Å². The number of likely N-dealkylation sites (tertiary alicyclic amines) is 1. The van der Waals surface area contributed by atoms with Crippen molar-refractivity contribution in [2.75, 3.05) is 50.7 Å². The summed E-state index contributed by atoms with van der Waals surface area (Å²) >= 11 is 6.30. The molecule has 2 unspecified atom stereocenters. The highest BCUT2D eigenvalue weighted by Crippen LogP contribution is 2.25. The Labute approximate surface area is 191 Å². The summed E-state index contributed by atoms with van der Waals surface area (Å²) in [7, 11) is 0. The van der Waals surface area contributed by atoms with E-state index in [4.69, 9.17) is 16.6 Å². The fraction of sp³-hybridized carbons (Fsp3) is 0.700. The second-order valence-corrected chi connectivity index (χ2v) is 7.97. The van der Waals surface area contributed by atoms with Crippen LogP contribution in [0.2, 0.25) is 5.02 Å². The van der Waals surface area contributed by atoms with Crippen LogP contribution in [-0.2, 0) is 0 Å². The van der Waals surface area contributed by atoms with E-state index in [2.05, 4.69) is 39.3 Å². The minimum atomic E-state index is 0. The monoisotopic (exact) mass is 520 g/mol. The molecule has 0 radical (unpaired) electrons. The number of pyridine rings is 1. The standard InChI is InChI=1S/C20H33ClN6.HI/c1-3-10-26-11-7-16(14-26)13-24-20(22-4-2)25-17-8-12-27(15-17)19-18(21)6-5-9-23-19;/h5-6,9,16-17H,3-4,7-8,10-15H2,1-2H3,(H2,22,24,25);1H. The lowest BCUT2D eigenvalue weighted by Gasteiger charge is -2.20. The molecule has 1 aromatic rings. The van der Waals surface area contributed by atoms with Gasteiger partial charge in [0.1, 0.15) is 5.82 Å². The Kier molecular flexibility index (Phi) is 10.1. The van der Waals surface area contributed by atoms with E-state index < -0.39 is 0 Å². The van der Waals surface area contributed by atoms with E-state index in [1.165, 1.54) is 32.5 Å². The average molecular weight is 521 g/mol. The number of rotatable bonds is 7. The number of aliphatic imine (C=N–C) groups is 1. The predicted octanol–water partition coefficient (Wildman–Crippen LogP) is 3.22. The molecule has 2 fully saturated rings. The summed E-state index contributed by atoms with van der Waals surface area (Å²) in [6.07, 6.45) is 5.36. The van der Waals surface area contributed by atoms with E-state index in [1.807, 2.05) is 12.1 Å². The summed E-state index contributed by atoms with van der Waals surface area (Å²) in [5.41, 5.74) is 0. The first-order valence-corrected chi connectivity index (χ1v) is 10.7. The second-order valence-electron chi connectivity index (χ2n) is 7.56. The fourth-order valence-corrected chi connectivity index (χ4v) is 4.24. The van der Waals surface area contributed by atoms with Gasteiger partial charge in [0.15, 0.2) is 5.96 Å². The van der Waals surface area contributed by atoms with Gasteiger partial charge in [-0.15, -0.1) is 24.0 Å². The van der Waals surface area contributed by atoms with Crippen molar-refractivity contribution in [2.45, 2.75) is 39.2 Å². The van der Waals surface area contributed by atoms with Crippen LogP contribution in [0.3, 0.4) is 0 Å². The summed E-state index contributed by atoms with van der Waals surface area (Å²) in [6, 6.07) is 4.14. The first-order valence-electron chi connectivity index (χ1n) is 10.3. The Morgan fingerprint density at radius 2 is 2.14 bits per heavy atom. The van der Waals surface area contributed by atoms with Gasteiger partial charge >= 0.3 is 0 Å². The van der Waals surface area contributed by atoms with Crippen molar-refractivity contribution in [3.05, 3.63) is 23.4 Å². The minimum Gasteiger partial charge on any atom is -0.357 e. The maximum Gasteiger partial charge on any atom is 0.191 e. The van der Waals surface area contributed by atoms with Gasteiger partial charge in [-0.3, -0.25) is 4.99 Å². The van der Waals surface area contributed by atoms with Gasteiger partial charge in [0.05, 0.1) is 5.02 Å². The molecule has 2 aliphatic rings. The van der Waals surface area contributed by atoms with Gasteiger partial charge in [0, 0.05) is 45.0 Å². The van der Waals surface area contributed by atoms with Gasteiger partial charge < -0.3 is 20.4 Å². The maximum absolute atomic E-state index is 6.30. The maximum atomic E-state index is 6.30. The van der Waals surface area contributed by atoms with Gasteiger partial charge in [-0.25, -0.2) is 4.98 Å². The molecular weight excluding hydrogens is 487 g/mol. The van der Waals surface area contributed by atoms with Gasteiger partial charge in [0.2, 0.25) is 0 Å². The third-order valence-corrected chi connectivity index (χ3v) is 5.62. The van der Waals surface area contributed by atoms with Crippen LogP contribution in [0, 0.1) is 5.92 Å². The summed E-state index contributed by atoms with van der Waals surface area (Å²) in [5.74, 6) is 2.50. The predicted molar refractivity (Wildman–Crippen MR) is 129 cm³/mol. The Morgan fingerprint density at radius 1 is 1.29 bits per heavy atom. The van der Waals surface area contributed by atoms with Gasteiger partial charge in [-0.2, -0.15) is 0 Å². The molecule has 2 atom stereocenters. The highest BCUT2D eigenvalue weighted by Gasteiger charge is 2.26. The van der Waals surface area contributed by atoms with E-state index in [0.717, 1.165) is 49.4 Å².